The van der Waals surface area contributed by atoms with E-state index in [-0.39, 0.29) is 11.7 Å². The van der Waals surface area contributed by atoms with E-state index in [1.807, 2.05) is 0 Å². The monoisotopic (exact) mass is 244 g/mol. The van der Waals surface area contributed by atoms with E-state index in [0.717, 1.165) is 26.1 Å². The quantitative estimate of drug-likeness (QED) is 0.694. The lowest BCUT2D eigenvalue weighted by molar-refractivity contribution is -0.139. The molecule has 1 aromatic rings. The van der Waals surface area contributed by atoms with Gasteiger partial charge in [-0.25, -0.2) is 0 Å². The minimum absolute atomic E-state index is 0.0432. The lowest BCUT2D eigenvalue weighted by atomic mass is 9.75. The molecule has 18 heavy (non-hydrogen) atoms. The van der Waals surface area contributed by atoms with Gasteiger partial charge in [0.2, 0.25) is 0 Å². The van der Waals surface area contributed by atoms with Crippen LogP contribution >= 0.6 is 0 Å². The molecular formula is C16H20O2. The molecule has 1 aromatic carbocycles. The molecule has 0 unspecified atom stereocenters. The average molecular weight is 244 g/mol. The van der Waals surface area contributed by atoms with Gasteiger partial charge >= 0.3 is 0 Å². The van der Waals surface area contributed by atoms with Gasteiger partial charge in [0.05, 0.1) is 0 Å². The number of ether oxygens (including phenoxy) is 2. The predicted octanol–water partition coefficient (Wildman–Crippen LogP) is 3.57. The van der Waals surface area contributed by atoms with E-state index in [2.05, 4.69) is 24.3 Å². The molecule has 0 radical (unpaired) electrons. The summed E-state index contributed by atoms with van der Waals surface area (Å²) in [5.41, 5.74) is 2.84. The van der Waals surface area contributed by atoms with Gasteiger partial charge in [0.15, 0.2) is 0 Å². The molecule has 1 saturated carbocycles. The Labute approximate surface area is 108 Å². The molecule has 3 atom stereocenters. The van der Waals surface area contributed by atoms with Crippen LogP contribution in [0.5, 0.6) is 0 Å². The summed E-state index contributed by atoms with van der Waals surface area (Å²) in [4.78, 5) is 0. The minimum Gasteiger partial charge on any atom is -0.371 e. The van der Waals surface area contributed by atoms with Crippen LogP contribution in [0, 0.1) is 0 Å². The lowest BCUT2D eigenvalue weighted by Crippen LogP contribution is -2.42. The van der Waals surface area contributed by atoms with Crippen molar-refractivity contribution in [3.63, 3.8) is 0 Å². The lowest BCUT2D eigenvalue weighted by Gasteiger charge is -2.42. The summed E-state index contributed by atoms with van der Waals surface area (Å²) >= 11 is 0. The van der Waals surface area contributed by atoms with Gasteiger partial charge in [-0.1, -0.05) is 37.1 Å². The Hall–Kier alpha value is -0.860. The van der Waals surface area contributed by atoms with E-state index in [4.69, 9.17) is 9.47 Å². The number of fused-ring (bicyclic) bond motifs is 3. The van der Waals surface area contributed by atoms with Crippen molar-refractivity contribution in [3.8, 4) is 0 Å². The number of benzene rings is 1. The molecule has 2 nitrogen and oxygen atoms in total. The fourth-order valence-corrected chi connectivity index (χ4v) is 4.23. The number of rotatable bonds is 0. The van der Waals surface area contributed by atoms with E-state index >= 15 is 0 Å². The maximum atomic E-state index is 6.38. The van der Waals surface area contributed by atoms with E-state index in [9.17, 15) is 0 Å². The molecule has 2 fully saturated rings. The zero-order valence-corrected chi connectivity index (χ0v) is 10.7. The predicted molar refractivity (Wildman–Crippen MR) is 69.6 cm³/mol. The third kappa shape index (κ3) is 1.36. The maximum Gasteiger partial charge on any atom is 0.112 e. The molecule has 0 amide bonds. The molecule has 0 bridgehead atoms. The zero-order chi connectivity index (χ0) is 12.0. The molecule has 1 spiro atoms. The van der Waals surface area contributed by atoms with Crippen LogP contribution in [0.25, 0.3) is 0 Å². The Bertz CT molecular complexity index is 456. The summed E-state index contributed by atoms with van der Waals surface area (Å²) in [5.74, 6) is 0.561. The topological polar surface area (TPSA) is 18.5 Å². The second-order valence-electron chi connectivity index (χ2n) is 5.84. The summed E-state index contributed by atoms with van der Waals surface area (Å²) in [7, 11) is 0. The second-order valence-corrected chi connectivity index (χ2v) is 5.84. The molecule has 1 saturated heterocycles. The van der Waals surface area contributed by atoms with Gasteiger partial charge in [0, 0.05) is 19.1 Å². The second kappa shape index (κ2) is 4.07. The highest BCUT2D eigenvalue weighted by molar-refractivity contribution is 5.43. The summed E-state index contributed by atoms with van der Waals surface area (Å²) < 4.78 is 12.6. The van der Waals surface area contributed by atoms with Gasteiger partial charge in [-0.3, -0.25) is 0 Å². The zero-order valence-electron chi connectivity index (χ0n) is 10.7. The molecule has 1 heterocycles. The van der Waals surface area contributed by atoms with E-state index in [1.54, 1.807) is 0 Å². The first-order valence-electron chi connectivity index (χ1n) is 7.26. The highest BCUT2D eigenvalue weighted by atomic mass is 16.6. The van der Waals surface area contributed by atoms with Crippen LogP contribution in [-0.4, -0.2) is 18.8 Å². The van der Waals surface area contributed by atoms with Crippen molar-refractivity contribution in [1.82, 2.24) is 0 Å². The fraction of sp³-hybridized carbons (Fsp3) is 0.625. The van der Waals surface area contributed by atoms with Crippen molar-refractivity contribution in [1.29, 1.82) is 0 Å². The summed E-state index contributed by atoms with van der Waals surface area (Å²) in [6.07, 6.45) is 6.25. The van der Waals surface area contributed by atoms with Crippen LogP contribution in [0.3, 0.4) is 0 Å². The van der Waals surface area contributed by atoms with Crippen LogP contribution < -0.4 is 0 Å². The van der Waals surface area contributed by atoms with Gasteiger partial charge in [-0.2, -0.15) is 0 Å². The summed E-state index contributed by atoms with van der Waals surface area (Å²) in [6.45, 7) is 1.70. The standard InChI is InChI=1S/C16H20O2/c1-2-7-13-12(6-1)14-8-3-4-9-16(14)15(13)17-10-5-11-18-16/h1-2,6-7,14-15H,3-5,8-11H2/t14-,15+,16-/m0/s1. The Kier molecular flexibility index (Phi) is 2.49. The minimum atomic E-state index is -0.0432. The third-order valence-corrected chi connectivity index (χ3v) is 4.94. The van der Waals surface area contributed by atoms with Crippen LogP contribution in [0.1, 0.15) is 55.3 Å². The van der Waals surface area contributed by atoms with Crippen molar-refractivity contribution < 1.29 is 9.47 Å². The van der Waals surface area contributed by atoms with Crippen molar-refractivity contribution in [2.24, 2.45) is 0 Å². The Morgan fingerprint density at radius 1 is 1.00 bits per heavy atom. The molecule has 3 aliphatic rings. The van der Waals surface area contributed by atoms with Gasteiger partial charge in [0.25, 0.3) is 0 Å². The Balaban J connectivity index is 1.86. The van der Waals surface area contributed by atoms with Gasteiger partial charge in [-0.05, 0) is 30.4 Å². The molecule has 1 aliphatic heterocycles. The SMILES string of the molecule is c1ccc2c(c1)[C@H]1OCCCO[C@]13CCCC[C@@H]23. The first kappa shape index (κ1) is 11.0. The number of hydrogen-bond acceptors (Lipinski definition) is 2. The van der Waals surface area contributed by atoms with Crippen molar-refractivity contribution in [2.45, 2.75) is 49.7 Å². The van der Waals surface area contributed by atoms with Gasteiger partial charge in [-0.15, -0.1) is 0 Å². The molecule has 0 N–H and O–H groups in total. The van der Waals surface area contributed by atoms with Crippen LogP contribution in [0.15, 0.2) is 24.3 Å². The van der Waals surface area contributed by atoms with Crippen LogP contribution in [0.4, 0.5) is 0 Å². The van der Waals surface area contributed by atoms with Crippen molar-refractivity contribution >= 4 is 0 Å². The fourth-order valence-electron chi connectivity index (χ4n) is 4.23. The van der Waals surface area contributed by atoms with Crippen LogP contribution in [0.2, 0.25) is 0 Å². The molecule has 96 valence electrons. The molecule has 0 aromatic heterocycles. The summed E-state index contributed by atoms with van der Waals surface area (Å²) in [6, 6.07) is 8.83. The highest BCUT2D eigenvalue weighted by Gasteiger charge is 2.56. The average Bonchev–Trinajstić information content (AvgIpc) is 2.55. The van der Waals surface area contributed by atoms with Crippen molar-refractivity contribution in [2.75, 3.05) is 13.2 Å². The number of hydrogen-bond donors (Lipinski definition) is 0. The Morgan fingerprint density at radius 2 is 1.89 bits per heavy atom. The highest BCUT2D eigenvalue weighted by Crippen LogP contribution is 2.58. The largest absolute Gasteiger partial charge is 0.371 e. The molecular weight excluding hydrogens is 224 g/mol. The van der Waals surface area contributed by atoms with Crippen LogP contribution in [-0.2, 0) is 9.47 Å². The smallest absolute Gasteiger partial charge is 0.112 e. The van der Waals surface area contributed by atoms with E-state index in [1.165, 1.54) is 30.4 Å². The van der Waals surface area contributed by atoms with Gasteiger partial charge < -0.3 is 9.47 Å². The molecule has 4 rings (SSSR count). The third-order valence-electron chi connectivity index (χ3n) is 4.94. The first-order valence-corrected chi connectivity index (χ1v) is 7.26. The first-order chi connectivity index (χ1) is 8.92. The normalized spacial score (nSPS) is 38.4. The Morgan fingerprint density at radius 3 is 2.83 bits per heavy atom. The van der Waals surface area contributed by atoms with Gasteiger partial charge in [0.1, 0.15) is 11.7 Å². The summed E-state index contributed by atoms with van der Waals surface area (Å²) in [5, 5.41) is 0. The maximum absolute atomic E-state index is 6.38. The molecule has 2 heteroatoms. The van der Waals surface area contributed by atoms with E-state index < -0.39 is 0 Å². The van der Waals surface area contributed by atoms with Crippen molar-refractivity contribution in [3.05, 3.63) is 35.4 Å². The van der Waals surface area contributed by atoms with E-state index in [0.29, 0.717) is 5.92 Å². The molecule has 2 aliphatic carbocycles.